The number of aromatic amines is 1. The molecule has 0 radical (unpaired) electrons. The summed E-state index contributed by atoms with van der Waals surface area (Å²) in [6, 6.07) is 9.42. The van der Waals surface area contributed by atoms with Crippen LogP contribution in [0.3, 0.4) is 0 Å². The zero-order chi connectivity index (χ0) is 24.6. The van der Waals surface area contributed by atoms with Gasteiger partial charge in [0.2, 0.25) is 0 Å². The number of aliphatic hydroxyl groups is 1. The molecule has 1 aliphatic heterocycles. The minimum absolute atomic E-state index is 0.0854. The fourth-order valence-corrected chi connectivity index (χ4v) is 4.50. The number of carbonyl (C=O) groups is 3. The Hall–Kier alpha value is -3.91. The first-order chi connectivity index (χ1) is 16.2. The molecule has 2 N–H and O–H groups in total. The monoisotopic (exact) mass is 479 g/mol. The number of aliphatic hydroxyl groups excluding tert-OH is 1. The van der Waals surface area contributed by atoms with Gasteiger partial charge >= 0.3 is 5.97 Å². The minimum Gasteiger partial charge on any atom is -0.507 e. The van der Waals surface area contributed by atoms with Crippen LogP contribution in [0.4, 0.5) is 0 Å². The lowest BCUT2D eigenvalue weighted by atomic mass is 9.94. The standard InChI is InChI=1S/C25H22ClN3O5/c1-13-18(14(2)28-20(13)25(33)34-3)22(30)19-21(16-7-4-8-17(26)10-16)29(24(32)23(19)31)12-15-6-5-9-27-11-15/h4-11,21,28,30H,12H2,1-3H3/t21-/m0/s1. The Morgan fingerprint density at radius 3 is 2.65 bits per heavy atom. The third-order valence-corrected chi connectivity index (χ3v) is 6.08. The van der Waals surface area contributed by atoms with Gasteiger partial charge in [0, 0.05) is 35.2 Å². The molecular formula is C25H22ClN3O5. The van der Waals surface area contributed by atoms with E-state index >= 15 is 0 Å². The molecule has 0 aliphatic carbocycles. The summed E-state index contributed by atoms with van der Waals surface area (Å²) in [7, 11) is 1.25. The lowest BCUT2D eigenvalue weighted by molar-refractivity contribution is -0.140. The maximum atomic E-state index is 13.2. The number of halogens is 1. The molecule has 1 fully saturated rings. The number of carbonyl (C=O) groups excluding carboxylic acids is 3. The quantitative estimate of drug-likeness (QED) is 0.247. The fourth-order valence-electron chi connectivity index (χ4n) is 4.30. The molecule has 1 aliphatic rings. The van der Waals surface area contributed by atoms with Crippen LogP contribution in [0.2, 0.25) is 5.02 Å². The molecule has 8 nitrogen and oxygen atoms in total. The number of nitrogens with zero attached hydrogens (tertiary/aromatic N) is 2. The number of H-pyrrole nitrogens is 1. The number of aryl methyl sites for hydroxylation is 1. The number of esters is 1. The topological polar surface area (TPSA) is 113 Å². The average molecular weight is 480 g/mol. The van der Waals surface area contributed by atoms with Crippen molar-refractivity contribution in [1.29, 1.82) is 0 Å². The smallest absolute Gasteiger partial charge is 0.354 e. The highest BCUT2D eigenvalue weighted by Crippen LogP contribution is 2.42. The third kappa shape index (κ3) is 3.97. The molecule has 1 saturated heterocycles. The van der Waals surface area contributed by atoms with E-state index in [4.69, 9.17) is 16.3 Å². The van der Waals surface area contributed by atoms with Crippen LogP contribution < -0.4 is 0 Å². The Morgan fingerprint density at radius 1 is 1.24 bits per heavy atom. The van der Waals surface area contributed by atoms with Gasteiger partial charge in [-0.3, -0.25) is 14.6 Å². The lowest BCUT2D eigenvalue weighted by Gasteiger charge is -2.25. The molecular weight excluding hydrogens is 458 g/mol. The molecule has 3 aromatic rings. The van der Waals surface area contributed by atoms with Crippen molar-refractivity contribution < 1.29 is 24.2 Å². The van der Waals surface area contributed by atoms with Gasteiger partial charge in [0.15, 0.2) is 0 Å². The first-order valence-corrected chi connectivity index (χ1v) is 10.8. The van der Waals surface area contributed by atoms with Crippen LogP contribution >= 0.6 is 11.6 Å². The molecule has 4 rings (SSSR count). The molecule has 3 heterocycles. The molecule has 0 saturated carbocycles. The fraction of sp³-hybridized carbons (Fsp3) is 0.200. The van der Waals surface area contributed by atoms with Crippen molar-refractivity contribution >= 4 is 35.0 Å². The normalized spacial score (nSPS) is 17.3. The van der Waals surface area contributed by atoms with Gasteiger partial charge in [-0.2, -0.15) is 0 Å². The molecule has 1 amide bonds. The summed E-state index contributed by atoms with van der Waals surface area (Å²) >= 11 is 6.22. The van der Waals surface area contributed by atoms with Gasteiger partial charge < -0.3 is 19.7 Å². The van der Waals surface area contributed by atoms with Gasteiger partial charge in [-0.1, -0.05) is 29.8 Å². The Bertz CT molecular complexity index is 1330. The van der Waals surface area contributed by atoms with E-state index in [1.54, 1.807) is 62.6 Å². The highest BCUT2D eigenvalue weighted by molar-refractivity contribution is 6.46. The number of amides is 1. The van der Waals surface area contributed by atoms with E-state index in [9.17, 15) is 19.5 Å². The Balaban J connectivity index is 1.92. The van der Waals surface area contributed by atoms with E-state index in [0.29, 0.717) is 21.8 Å². The van der Waals surface area contributed by atoms with Gasteiger partial charge in [-0.25, -0.2) is 4.79 Å². The number of benzene rings is 1. The van der Waals surface area contributed by atoms with E-state index in [0.717, 1.165) is 5.56 Å². The zero-order valence-corrected chi connectivity index (χ0v) is 19.5. The highest BCUT2D eigenvalue weighted by atomic mass is 35.5. The highest BCUT2D eigenvalue weighted by Gasteiger charge is 2.46. The summed E-state index contributed by atoms with van der Waals surface area (Å²) < 4.78 is 4.80. The molecule has 0 spiro atoms. The molecule has 0 unspecified atom stereocenters. The number of nitrogens with one attached hydrogen (secondary N) is 1. The Kier molecular flexibility index (Phi) is 6.26. The number of pyridine rings is 1. The second-order valence-corrected chi connectivity index (χ2v) is 8.40. The summed E-state index contributed by atoms with van der Waals surface area (Å²) in [6.45, 7) is 3.39. The van der Waals surface area contributed by atoms with Crippen LogP contribution in [0.1, 0.15) is 44.5 Å². The van der Waals surface area contributed by atoms with E-state index in [2.05, 4.69) is 9.97 Å². The molecule has 9 heteroatoms. The largest absolute Gasteiger partial charge is 0.507 e. The zero-order valence-electron chi connectivity index (χ0n) is 18.8. The van der Waals surface area contributed by atoms with E-state index < -0.39 is 23.7 Å². The van der Waals surface area contributed by atoms with Crippen molar-refractivity contribution in [3.8, 4) is 0 Å². The summed E-state index contributed by atoms with van der Waals surface area (Å²) in [5, 5.41) is 11.8. The number of ketones is 1. The van der Waals surface area contributed by atoms with Crippen LogP contribution in [0.25, 0.3) is 5.76 Å². The number of likely N-dealkylation sites (tertiary alicyclic amines) is 1. The van der Waals surface area contributed by atoms with Crippen molar-refractivity contribution in [2.45, 2.75) is 26.4 Å². The summed E-state index contributed by atoms with van der Waals surface area (Å²) in [5.74, 6) is -2.57. The predicted octanol–water partition coefficient (Wildman–Crippen LogP) is 4.09. The number of hydrogen-bond acceptors (Lipinski definition) is 6. The number of rotatable bonds is 5. The molecule has 1 atom stereocenters. The average Bonchev–Trinajstić information content (AvgIpc) is 3.26. The van der Waals surface area contributed by atoms with Crippen molar-refractivity contribution in [2.75, 3.05) is 7.11 Å². The van der Waals surface area contributed by atoms with Gasteiger partial charge in [-0.15, -0.1) is 0 Å². The molecule has 2 aromatic heterocycles. The Labute approximate surface area is 200 Å². The SMILES string of the molecule is COC(=O)c1[nH]c(C)c(C(O)=C2C(=O)C(=O)N(Cc3cccnc3)[C@H]2c2cccc(Cl)c2)c1C. The molecule has 34 heavy (non-hydrogen) atoms. The van der Waals surface area contributed by atoms with Gasteiger partial charge in [0.05, 0.1) is 18.7 Å². The third-order valence-electron chi connectivity index (χ3n) is 5.84. The number of ether oxygens (including phenoxy) is 1. The van der Waals surface area contributed by atoms with Crippen molar-refractivity contribution in [1.82, 2.24) is 14.9 Å². The van der Waals surface area contributed by atoms with Crippen molar-refractivity contribution in [2.24, 2.45) is 0 Å². The Morgan fingerprint density at radius 2 is 2.00 bits per heavy atom. The van der Waals surface area contributed by atoms with E-state index in [1.807, 2.05) is 0 Å². The molecule has 1 aromatic carbocycles. The molecule has 0 bridgehead atoms. The lowest BCUT2D eigenvalue weighted by Crippen LogP contribution is -2.29. The van der Waals surface area contributed by atoms with E-state index in [-0.39, 0.29) is 29.1 Å². The first kappa shape index (κ1) is 23.3. The second-order valence-electron chi connectivity index (χ2n) is 7.96. The second kappa shape index (κ2) is 9.15. The van der Waals surface area contributed by atoms with Crippen LogP contribution in [0.5, 0.6) is 0 Å². The summed E-state index contributed by atoms with van der Waals surface area (Å²) in [5.41, 5.74) is 2.49. The number of hydrogen-bond donors (Lipinski definition) is 2. The van der Waals surface area contributed by atoms with Crippen LogP contribution in [0, 0.1) is 13.8 Å². The van der Waals surface area contributed by atoms with Gasteiger partial charge in [0.1, 0.15) is 11.5 Å². The minimum atomic E-state index is -0.894. The number of methoxy groups -OCH3 is 1. The van der Waals surface area contributed by atoms with Gasteiger partial charge in [0.25, 0.3) is 11.7 Å². The van der Waals surface area contributed by atoms with Crippen LogP contribution in [-0.2, 0) is 20.9 Å². The van der Waals surface area contributed by atoms with Crippen molar-refractivity contribution in [3.05, 3.63) is 93.0 Å². The van der Waals surface area contributed by atoms with E-state index in [1.165, 1.54) is 12.0 Å². The number of aromatic nitrogens is 2. The van der Waals surface area contributed by atoms with Crippen LogP contribution in [0.15, 0.2) is 54.4 Å². The summed E-state index contributed by atoms with van der Waals surface area (Å²) in [4.78, 5) is 46.9. The molecule has 174 valence electrons. The predicted molar refractivity (Wildman–Crippen MR) is 125 cm³/mol. The summed E-state index contributed by atoms with van der Waals surface area (Å²) in [6.07, 6.45) is 3.22. The number of Topliss-reactive ketones (excluding diaryl/α,β-unsaturated/α-hetero) is 1. The first-order valence-electron chi connectivity index (χ1n) is 10.4. The van der Waals surface area contributed by atoms with Crippen molar-refractivity contribution in [3.63, 3.8) is 0 Å². The van der Waals surface area contributed by atoms with Crippen LogP contribution in [-0.4, -0.2) is 44.7 Å². The maximum Gasteiger partial charge on any atom is 0.354 e. The maximum absolute atomic E-state index is 13.2. The van der Waals surface area contributed by atoms with Gasteiger partial charge in [-0.05, 0) is 48.7 Å².